The highest BCUT2D eigenvalue weighted by atomic mass is 16.3. The second-order valence-electron chi connectivity index (χ2n) is 4.04. The van der Waals surface area contributed by atoms with Crippen LogP contribution in [0.5, 0.6) is 5.75 Å². The van der Waals surface area contributed by atoms with Crippen molar-refractivity contribution in [2.75, 3.05) is 11.9 Å². The van der Waals surface area contributed by atoms with E-state index in [9.17, 15) is 9.90 Å². The van der Waals surface area contributed by atoms with Crippen LogP contribution in [0.25, 0.3) is 0 Å². The molecule has 1 amide bonds. The maximum atomic E-state index is 11.9. The van der Waals surface area contributed by atoms with E-state index in [2.05, 4.69) is 0 Å². The van der Waals surface area contributed by atoms with Crippen LogP contribution < -0.4 is 10.6 Å². The molecule has 3 N–H and O–H groups in total. The molecule has 1 saturated carbocycles. The van der Waals surface area contributed by atoms with Gasteiger partial charge in [-0.2, -0.15) is 0 Å². The Labute approximate surface area is 88.3 Å². The third-order valence-corrected chi connectivity index (χ3v) is 2.74. The van der Waals surface area contributed by atoms with Gasteiger partial charge in [0.15, 0.2) is 0 Å². The lowest BCUT2D eigenvalue weighted by Gasteiger charge is -2.21. The molecule has 4 heteroatoms. The molecule has 0 atom stereocenters. The van der Waals surface area contributed by atoms with E-state index in [0.717, 1.165) is 12.8 Å². The van der Waals surface area contributed by atoms with Crippen LogP contribution in [0, 0.1) is 0 Å². The number of amides is 1. The van der Waals surface area contributed by atoms with Gasteiger partial charge in [-0.15, -0.1) is 0 Å². The van der Waals surface area contributed by atoms with Crippen LogP contribution in [-0.4, -0.2) is 23.6 Å². The van der Waals surface area contributed by atoms with Crippen LogP contribution in [-0.2, 0) is 4.79 Å². The fourth-order valence-electron chi connectivity index (χ4n) is 1.50. The molecule has 0 heterocycles. The molecule has 80 valence electrons. The van der Waals surface area contributed by atoms with E-state index < -0.39 is 5.54 Å². The number of phenols is 1. The monoisotopic (exact) mass is 206 g/mol. The second kappa shape index (κ2) is 3.24. The minimum absolute atomic E-state index is 0.0897. The van der Waals surface area contributed by atoms with Gasteiger partial charge in [0.25, 0.3) is 0 Å². The molecular formula is C11H14N2O2. The summed E-state index contributed by atoms with van der Waals surface area (Å²) in [5.41, 5.74) is 5.81. The predicted octanol–water partition coefficient (Wildman–Crippen LogP) is 0.846. The minimum Gasteiger partial charge on any atom is -0.508 e. The molecule has 0 bridgehead atoms. The van der Waals surface area contributed by atoms with E-state index in [0.29, 0.717) is 5.69 Å². The molecule has 1 aromatic carbocycles. The third kappa shape index (κ3) is 1.80. The average molecular weight is 206 g/mol. The summed E-state index contributed by atoms with van der Waals surface area (Å²) in [4.78, 5) is 13.4. The summed E-state index contributed by atoms with van der Waals surface area (Å²) >= 11 is 0. The molecule has 0 saturated heterocycles. The summed E-state index contributed by atoms with van der Waals surface area (Å²) in [5.74, 6) is 0.0575. The number of rotatable bonds is 2. The fraction of sp³-hybridized carbons (Fsp3) is 0.364. The van der Waals surface area contributed by atoms with Gasteiger partial charge in [0.05, 0.1) is 5.54 Å². The normalized spacial score (nSPS) is 17.2. The Balaban J connectivity index is 2.20. The number of carbonyl (C=O) groups excluding carboxylic acids is 1. The lowest BCUT2D eigenvalue weighted by molar-refractivity contribution is -0.120. The molecule has 4 nitrogen and oxygen atoms in total. The van der Waals surface area contributed by atoms with Crippen molar-refractivity contribution < 1.29 is 9.90 Å². The summed E-state index contributed by atoms with van der Waals surface area (Å²) in [7, 11) is 1.67. The summed E-state index contributed by atoms with van der Waals surface area (Å²) < 4.78 is 0. The lowest BCUT2D eigenvalue weighted by Crippen LogP contribution is -2.43. The molecule has 1 aliphatic carbocycles. The first kappa shape index (κ1) is 9.98. The Morgan fingerprint density at radius 2 is 2.20 bits per heavy atom. The van der Waals surface area contributed by atoms with E-state index in [1.54, 1.807) is 31.3 Å². The highest BCUT2D eigenvalue weighted by Gasteiger charge is 2.47. The second-order valence-corrected chi connectivity index (χ2v) is 4.04. The number of phenolic OH excluding ortho intramolecular Hbond substituents is 1. The van der Waals surface area contributed by atoms with Crippen molar-refractivity contribution in [1.29, 1.82) is 0 Å². The number of hydrogen-bond acceptors (Lipinski definition) is 3. The highest BCUT2D eigenvalue weighted by Crippen LogP contribution is 2.35. The number of carbonyl (C=O) groups is 1. The topological polar surface area (TPSA) is 66.6 Å². The van der Waals surface area contributed by atoms with E-state index >= 15 is 0 Å². The number of aromatic hydroxyl groups is 1. The summed E-state index contributed by atoms with van der Waals surface area (Å²) in [5, 5.41) is 9.29. The van der Waals surface area contributed by atoms with E-state index in [1.807, 2.05) is 0 Å². The Kier molecular flexibility index (Phi) is 2.16. The smallest absolute Gasteiger partial charge is 0.246 e. The van der Waals surface area contributed by atoms with Gasteiger partial charge in [0, 0.05) is 18.8 Å². The molecule has 1 fully saturated rings. The molecule has 0 aliphatic heterocycles. The van der Waals surface area contributed by atoms with Crippen molar-refractivity contribution in [3.63, 3.8) is 0 Å². The van der Waals surface area contributed by atoms with E-state index in [1.165, 1.54) is 4.90 Å². The predicted molar refractivity (Wildman–Crippen MR) is 57.7 cm³/mol. The zero-order valence-electron chi connectivity index (χ0n) is 8.60. The van der Waals surface area contributed by atoms with Crippen LogP contribution in [0.2, 0.25) is 0 Å². The largest absolute Gasteiger partial charge is 0.508 e. The summed E-state index contributed by atoms with van der Waals surface area (Å²) in [6, 6.07) is 6.58. The van der Waals surface area contributed by atoms with Crippen molar-refractivity contribution in [3.05, 3.63) is 24.3 Å². The van der Waals surface area contributed by atoms with Gasteiger partial charge in [-0.3, -0.25) is 4.79 Å². The van der Waals surface area contributed by atoms with Crippen LogP contribution in [0.15, 0.2) is 24.3 Å². The van der Waals surface area contributed by atoms with Crippen molar-refractivity contribution in [2.24, 2.45) is 5.73 Å². The first-order chi connectivity index (χ1) is 7.03. The maximum absolute atomic E-state index is 11.9. The van der Waals surface area contributed by atoms with Crippen LogP contribution in [0.4, 0.5) is 5.69 Å². The number of likely N-dealkylation sites (N-methyl/N-ethyl adjacent to an activating group) is 1. The first-order valence-electron chi connectivity index (χ1n) is 4.89. The Hall–Kier alpha value is -1.55. The van der Waals surface area contributed by atoms with Gasteiger partial charge in [-0.05, 0) is 25.0 Å². The number of nitrogens with two attached hydrogens (primary N) is 1. The van der Waals surface area contributed by atoms with Gasteiger partial charge in [-0.25, -0.2) is 0 Å². The van der Waals surface area contributed by atoms with Crippen LogP contribution in [0.3, 0.4) is 0 Å². The number of anilines is 1. The van der Waals surface area contributed by atoms with Crippen LogP contribution >= 0.6 is 0 Å². The molecule has 1 aromatic rings. The van der Waals surface area contributed by atoms with Crippen LogP contribution in [0.1, 0.15) is 12.8 Å². The standard InChI is InChI=1S/C11H14N2O2/c1-13(10(15)11(12)5-6-11)8-3-2-4-9(14)7-8/h2-4,7,14H,5-6,12H2,1H3. The quantitative estimate of drug-likeness (QED) is 0.753. The Morgan fingerprint density at radius 3 is 2.73 bits per heavy atom. The third-order valence-electron chi connectivity index (χ3n) is 2.74. The average Bonchev–Trinajstić information content (AvgIpc) is 2.96. The Morgan fingerprint density at radius 1 is 1.53 bits per heavy atom. The van der Waals surface area contributed by atoms with Gasteiger partial charge in [-0.1, -0.05) is 6.07 Å². The van der Waals surface area contributed by atoms with Gasteiger partial charge >= 0.3 is 0 Å². The fourth-order valence-corrected chi connectivity index (χ4v) is 1.50. The zero-order valence-corrected chi connectivity index (χ0v) is 8.60. The number of nitrogens with zero attached hydrogens (tertiary/aromatic N) is 1. The summed E-state index contributed by atoms with van der Waals surface area (Å²) in [6.07, 6.45) is 1.49. The van der Waals surface area contributed by atoms with Crippen molar-refractivity contribution >= 4 is 11.6 Å². The van der Waals surface area contributed by atoms with E-state index in [4.69, 9.17) is 5.73 Å². The molecule has 15 heavy (non-hydrogen) atoms. The molecule has 0 radical (unpaired) electrons. The highest BCUT2D eigenvalue weighted by molar-refractivity contribution is 6.01. The number of benzene rings is 1. The van der Waals surface area contributed by atoms with Gasteiger partial charge in [0.2, 0.25) is 5.91 Å². The van der Waals surface area contributed by atoms with Gasteiger partial charge in [0.1, 0.15) is 5.75 Å². The molecule has 2 rings (SSSR count). The molecule has 0 unspecified atom stereocenters. The van der Waals surface area contributed by atoms with Crippen molar-refractivity contribution in [3.8, 4) is 5.75 Å². The lowest BCUT2D eigenvalue weighted by atomic mass is 10.2. The number of hydrogen-bond donors (Lipinski definition) is 2. The molecular weight excluding hydrogens is 192 g/mol. The van der Waals surface area contributed by atoms with Crippen molar-refractivity contribution in [2.45, 2.75) is 18.4 Å². The zero-order chi connectivity index (χ0) is 11.1. The minimum atomic E-state index is -0.666. The SMILES string of the molecule is CN(C(=O)C1(N)CC1)c1cccc(O)c1. The first-order valence-corrected chi connectivity index (χ1v) is 4.89. The molecule has 0 aromatic heterocycles. The van der Waals surface area contributed by atoms with Gasteiger partial charge < -0.3 is 15.7 Å². The molecule has 1 aliphatic rings. The Bertz CT molecular complexity index is 399. The molecule has 0 spiro atoms. The maximum Gasteiger partial charge on any atom is 0.246 e. The van der Waals surface area contributed by atoms with Crippen molar-refractivity contribution in [1.82, 2.24) is 0 Å². The summed E-state index contributed by atoms with van der Waals surface area (Å²) in [6.45, 7) is 0. The van der Waals surface area contributed by atoms with E-state index in [-0.39, 0.29) is 11.7 Å².